The number of hydrogen-bond acceptors (Lipinski definition) is 5. The maximum atomic E-state index is 12.1. The number of anilines is 1. The Morgan fingerprint density at radius 3 is 2.90 bits per heavy atom. The number of nitrogens with two attached hydrogens (primary N) is 1. The summed E-state index contributed by atoms with van der Waals surface area (Å²) in [4.78, 5) is 14.2. The van der Waals surface area contributed by atoms with E-state index in [1.165, 1.54) is 4.68 Å². The van der Waals surface area contributed by atoms with Crippen LogP contribution in [0.1, 0.15) is 27.2 Å². The van der Waals surface area contributed by atoms with Gasteiger partial charge in [-0.3, -0.25) is 4.79 Å². The molecular weight excluding hydrogens is 256 g/mol. The minimum absolute atomic E-state index is 0.0339. The molecule has 1 saturated heterocycles. The minimum Gasteiger partial charge on any atom is -0.372 e. The van der Waals surface area contributed by atoms with Crippen molar-refractivity contribution < 1.29 is 4.74 Å². The van der Waals surface area contributed by atoms with Gasteiger partial charge in [0.1, 0.15) is 0 Å². The number of rotatable bonds is 4. The van der Waals surface area contributed by atoms with Crippen molar-refractivity contribution >= 4 is 5.69 Å². The van der Waals surface area contributed by atoms with Crippen molar-refractivity contribution in [2.24, 2.45) is 5.73 Å². The standard InChI is InChI=1S/C14H24N4O2/c1-4-11(15)9-18-13(19)7-12(8-16-18)17-5-6-20-14(2,3)10-17/h7-8,11H,4-6,9-10,15H2,1-3H3. The SMILES string of the molecule is CCC(N)Cn1ncc(N2CCOC(C)(C)C2)cc1=O. The number of morpholine rings is 1. The lowest BCUT2D eigenvalue weighted by molar-refractivity contribution is -0.0277. The van der Waals surface area contributed by atoms with E-state index in [4.69, 9.17) is 10.5 Å². The molecule has 0 aromatic carbocycles. The Morgan fingerprint density at radius 2 is 2.30 bits per heavy atom. The van der Waals surface area contributed by atoms with Crippen LogP contribution in [0.15, 0.2) is 17.1 Å². The average Bonchev–Trinajstić information content (AvgIpc) is 2.39. The van der Waals surface area contributed by atoms with Gasteiger partial charge in [-0.1, -0.05) is 6.92 Å². The molecule has 2 heterocycles. The van der Waals surface area contributed by atoms with Crippen LogP contribution in [0.4, 0.5) is 5.69 Å². The van der Waals surface area contributed by atoms with E-state index in [-0.39, 0.29) is 17.2 Å². The van der Waals surface area contributed by atoms with Crippen LogP contribution in [0.2, 0.25) is 0 Å². The second-order valence-electron chi connectivity index (χ2n) is 5.93. The van der Waals surface area contributed by atoms with Gasteiger partial charge in [0, 0.05) is 25.2 Å². The van der Waals surface area contributed by atoms with Crippen molar-refractivity contribution in [1.29, 1.82) is 0 Å². The second kappa shape index (κ2) is 5.93. The molecule has 112 valence electrons. The minimum atomic E-state index is -0.197. The first-order valence-electron chi connectivity index (χ1n) is 7.13. The van der Waals surface area contributed by atoms with Crippen molar-refractivity contribution in [2.75, 3.05) is 24.6 Å². The van der Waals surface area contributed by atoms with Crippen LogP contribution >= 0.6 is 0 Å². The zero-order valence-corrected chi connectivity index (χ0v) is 12.5. The van der Waals surface area contributed by atoms with E-state index in [2.05, 4.69) is 10.00 Å². The molecule has 0 aliphatic carbocycles. The summed E-state index contributed by atoms with van der Waals surface area (Å²) in [5.74, 6) is 0. The fourth-order valence-electron chi connectivity index (χ4n) is 2.32. The molecule has 2 rings (SSSR count). The van der Waals surface area contributed by atoms with Gasteiger partial charge in [0.15, 0.2) is 0 Å². The quantitative estimate of drug-likeness (QED) is 0.874. The Hall–Kier alpha value is -1.40. The van der Waals surface area contributed by atoms with E-state index >= 15 is 0 Å². The Bertz CT molecular complexity index is 512. The van der Waals surface area contributed by atoms with Gasteiger partial charge in [-0.2, -0.15) is 5.10 Å². The second-order valence-corrected chi connectivity index (χ2v) is 5.93. The zero-order chi connectivity index (χ0) is 14.8. The molecule has 1 aromatic heterocycles. The molecule has 1 atom stereocenters. The summed E-state index contributed by atoms with van der Waals surface area (Å²) in [5, 5.41) is 4.23. The maximum Gasteiger partial charge on any atom is 0.268 e. The highest BCUT2D eigenvalue weighted by Crippen LogP contribution is 2.21. The number of ether oxygens (including phenoxy) is 1. The summed E-state index contributed by atoms with van der Waals surface area (Å²) in [6.45, 7) is 8.76. The van der Waals surface area contributed by atoms with E-state index in [1.807, 2.05) is 20.8 Å². The van der Waals surface area contributed by atoms with Gasteiger partial charge in [0.05, 0.1) is 30.6 Å². The lowest BCUT2D eigenvalue weighted by atomic mass is 10.1. The molecule has 0 amide bonds. The van der Waals surface area contributed by atoms with E-state index in [0.29, 0.717) is 13.2 Å². The predicted molar refractivity (Wildman–Crippen MR) is 79.0 cm³/mol. The molecule has 6 nitrogen and oxygen atoms in total. The Balaban J connectivity index is 2.14. The third-order valence-corrected chi connectivity index (χ3v) is 3.58. The first-order chi connectivity index (χ1) is 9.41. The van der Waals surface area contributed by atoms with Crippen LogP contribution in [0.3, 0.4) is 0 Å². The summed E-state index contributed by atoms with van der Waals surface area (Å²) in [6, 6.07) is 1.60. The zero-order valence-electron chi connectivity index (χ0n) is 12.5. The summed E-state index contributed by atoms with van der Waals surface area (Å²) in [5.41, 5.74) is 6.42. The number of hydrogen-bond donors (Lipinski definition) is 1. The van der Waals surface area contributed by atoms with Gasteiger partial charge in [-0.15, -0.1) is 0 Å². The van der Waals surface area contributed by atoms with Crippen LogP contribution in [0.25, 0.3) is 0 Å². The van der Waals surface area contributed by atoms with Crippen molar-refractivity contribution in [2.45, 2.75) is 45.4 Å². The molecule has 0 saturated carbocycles. The fourth-order valence-corrected chi connectivity index (χ4v) is 2.32. The van der Waals surface area contributed by atoms with E-state index in [9.17, 15) is 4.79 Å². The molecule has 1 aliphatic heterocycles. The normalized spacial score (nSPS) is 19.9. The highest BCUT2D eigenvalue weighted by atomic mass is 16.5. The van der Waals surface area contributed by atoms with E-state index < -0.39 is 0 Å². The lowest BCUT2D eigenvalue weighted by Crippen LogP contribution is -2.48. The predicted octanol–water partition coefficient (Wildman–Crippen LogP) is 0.596. The molecule has 20 heavy (non-hydrogen) atoms. The van der Waals surface area contributed by atoms with Gasteiger partial charge in [0.25, 0.3) is 5.56 Å². The molecule has 0 spiro atoms. The van der Waals surface area contributed by atoms with Gasteiger partial charge in [-0.05, 0) is 20.3 Å². The molecule has 2 N–H and O–H groups in total. The van der Waals surface area contributed by atoms with Gasteiger partial charge >= 0.3 is 0 Å². The van der Waals surface area contributed by atoms with E-state index in [0.717, 1.165) is 25.2 Å². The summed E-state index contributed by atoms with van der Waals surface area (Å²) in [7, 11) is 0. The summed E-state index contributed by atoms with van der Waals surface area (Å²) < 4.78 is 7.11. The first kappa shape index (κ1) is 15.0. The molecular formula is C14H24N4O2. The van der Waals surface area contributed by atoms with Gasteiger partial charge < -0.3 is 15.4 Å². The molecule has 0 radical (unpaired) electrons. The fraction of sp³-hybridized carbons (Fsp3) is 0.714. The Kier molecular flexibility index (Phi) is 4.45. The van der Waals surface area contributed by atoms with Gasteiger partial charge in [0.2, 0.25) is 0 Å². The number of nitrogens with zero attached hydrogens (tertiary/aromatic N) is 3. The highest BCUT2D eigenvalue weighted by molar-refractivity contribution is 5.43. The summed E-state index contributed by atoms with van der Waals surface area (Å²) in [6.07, 6.45) is 2.57. The molecule has 0 bridgehead atoms. The van der Waals surface area contributed by atoms with Crippen molar-refractivity contribution in [3.8, 4) is 0 Å². The first-order valence-corrected chi connectivity index (χ1v) is 7.13. The third kappa shape index (κ3) is 3.58. The van der Waals surface area contributed by atoms with Crippen molar-refractivity contribution in [3.05, 3.63) is 22.6 Å². The van der Waals surface area contributed by atoms with Crippen molar-refractivity contribution in [1.82, 2.24) is 9.78 Å². The van der Waals surface area contributed by atoms with Crippen molar-refractivity contribution in [3.63, 3.8) is 0 Å². The topological polar surface area (TPSA) is 73.4 Å². The smallest absolute Gasteiger partial charge is 0.268 e. The highest BCUT2D eigenvalue weighted by Gasteiger charge is 2.27. The molecule has 1 aliphatic rings. The van der Waals surface area contributed by atoms with Crippen LogP contribution in [-0.2, 0) is 11.3 Å². The Labute approximate surface area is 119 Å². The Morgan fingerprint density at radius 1 is 1.55 bits per heavy atom. The molecule has 1 fully saturated rings. The summed E-state index contributed by atoms with van der Waals surface area (Å²) >= 11 is 0. The van der Waals surface area contributed by atoms with Crippen LogP contribution < -0.4 is 16.2 Å². The van der Waals surface area contributed by atoms with Gasteiger partial charge in [-0.25, -0.2) is 4.68 Å². The molecule has 1 unspecified atom stereocenters. The largest absolute Gasteiger partial charge is 0.372 e. The lowest BCUT2D eigenvalue weighted by Gasteiger charge is -2.39. The van der Waals surface area contributed by atoms with E-state index in [1.54, 1.807) is 12.3 Å². The molecule has 6 heteroatoms. The monoisotopic (exact) mass is 280 g/mol. The maximum absolute atomic E-state index is 12.1. The van der Waals surface area contributed by atoms with Crippen LogP contribution in [0.5, 0.6) is 0 Å². The molecule has 1 aromatic rings. The van der Waals surface area contributed by atoms with Crippen LogP contribution in [-0.4, -0.2) is 41.1 Å². The average molecular weight is 280 g/mol. The number of aromatic nitrogens is 2. The van der Waals surface area contributed by atoms with Crippen LogP contribution in [0, 0.1) is 0 Å². The third-order valence-electron chi connectivity index (χ3n) is 3.58.